The number of amides is 2. The van der Waals surface area contributed by atoms with Gasteiger partial charge in [-0.05, 0) is 44.2 Å². The first-order valence-electron chi connectivity index (χ1n) is 8.05. The van der Waals surface area contributed by atoms with Gasteiger partial charge in [-0.2, -0.15) is 0 Å². The summed E-state index contributed by atoms with van der Waals surface area (Å²) in [5.41, 5.74) is 1.32. The largest absolute Gasteiger partial charge is 0.342 e. The molecule has 5 nitrogen and oxygen atoms in total. The van der Waals surface area contributed by atoms with Gasteiger partial charge in [-0.3, -0.25) is 9.59 Å². The van der Waals surface area contributed by atoms with Crippen molar-refractivity contribution in [2.24, 2.45) is 0 Å². The molecule has 22 heavy (non-hydrogen) atoms. The lowest BCUT2D eigenvalue weighted by atomic mass is 9.99. The van der Waals surface area contributed by atoms with Crippen molar-refractivity contribution in [1.82, 2.24) is 15.5 Å². The highest BCUT2D eigenvalue weighted by molar-refractivity contribution is 7.14. The van der Waals surface area contributed by atoms with Crippen LogP contribution in [-0.4, -0.2) is 48.9 Å². The van der Waals surface area contributed by atoms with E-state index in [0.29, 0.717) is 6.54 Å². The van der Waals surface area contributed by atoms with Crippen LogP contribution in [0.25, 0.3) is 0 Å². The Bertz CT molecular complexity index is 546. The van der Waals surface area contributed by atoms with Crippen LogP contribution in [0, 0.1) is 0 Å². The zero-order chi connectivity index (χ0) is 15.5. The van der Waals surface area contributed by atoms with Crippen LogP contribution < -0.4 is 10.6 Å². The first-order chi connectivity index (χ1) is 10.6. The normalized spacial score (nSPS) is 21.3. The predicted molar refractivity (Wildman–Crippen MR) is 87.3 cm³/mol. The molecule has 1 atom stereocenters. The van der Waals surface area contributed by atoms with Gasteiger partial charge in [0, 0.05) is 30.6 Å². The minimum absolute atomic E-state index is 0.00340. The molecule has 1 saturated heterocycles. The molecule has 2 amide bonds. The topological polar surface area (TPSA) is 61.4 Å². The lowest BCUT2D eigenvalue weighted by Crippen LogP contribution is -2.54. The van der Waals surface area contributed by atoms with E-state index in [1.54, 1.807) is 11.3 Å². The van der Waals surface area contributed by atoms with E-state index in [0.717, 1.165) is 30.8 Å². The molecule has 1 aliphatic heterocycles. The highest BCUT2D eigenvalue weighted by Gasteiger charge is 2.23. The Hall–Kier alpha value is -1.40. The fourth-order valence-electron chi connectivity index (χ4n) is 3.16. The van der Waals surface area contributed by atoms with Crippen molar-refractivity contribution in [3.63, 3.8) is 0 Å². The Labute approximate surface area is 135 Å². The third-order valence-electron chi connectivity index (χ3n) is 4.44. The minimum Gasteiger partial charge on any atom is -0.342 e. The maximum Gasteiger partial charge on any atom is 0.261 e. The third kappa shape index (κ3) is 3.33. The molecule has 6 heteroatoms. The van der Waals surface area contributed by atoms with Crippen molar-refractivity contribution in [3.8, 4) is 0 Å². The van der Waals surface area contributed by atoms with E-state index in [4.69, 9.17) is 0 Å². The number of piperazine rings is 1. The summed E-state index contributed by atoms with van der Waals surface area (Å²) >= 11 is 1.58. The second-order valence-corrected chi connectivity index (χ2v) is 7.23. The zero-order valence-corrected chi connectivity index (χ0v) is 13.8. The number of thiophene rings is 1. The smallest absolute Gasteiger partial charge is 0.261 e. The molecule has 0 bridgehead atoms. The van der Waals surface area contributed by atoms with E-state index in [1.165, 1.54) is 23.3 Å². The SMILES string of the molecule is C[C@@H]1CNCCN1C(=O)CNC(=O)c1cc2c(s1)CCCC2. The van der Waals surface area contributed by atoms with Crippen LogP contribution in [-0.2, 0) is 17.6 Å². The third-order valence-corrected chi connectivity index (χ3v) is 5.68. The summed E-state index contributed by atoms with van der Waals surface area (Å²) in [6.45, 7) is 4.47. The highest BCUT2D eigenvalue weighted by Crippen LogP contribution is 2.29. The molecule has 0 spiro atoms. The Morgan fingerprint density at radius 1 is 1.41 bits per heavy atom. The standard InChI is InChI=1S/C16H23N3O2S/c1-11-9-17-6-7-19(11)15(20)10-18-16(21)14-8-12-4-2-3-5-13(12)22-14/h8,11,17H,2-7,9-10H2,1H3,(H,18,21)/t11-/m1/s1. The summed E-state index contributed by atoms with van der Waals surface area (Å²) in [4.78, 5) is 28.4. The molecule has 1 fully saturated rings. The molecule has 120 valence electrons. The molecule has 3 rings (SSSR count). The average Bonchev–Trinajstić information content (AvgIpc) is 2.97. The van der Waals surface area contributed by atoms with Gasteiger partial charge in [-0.25, -0.2) is 0 Å². The number of fused-ring (bicyclic) bond motifs is 1. The van der Waals surface area contributed by atoms with Crippen molar-refractivity contribution in [3.05, 3.63) is 21.4 Å². The molecule has 1 aromatic heterocycles. The Morgan fingerprint density at radius 3 is 3.00 bits per heavy atom. The lowest BCUT2D eigenvalue weighted by molar-refractivity contribution is -0.132. The number of hydrogen-bond acceptors (Lipinski definition) is 4. The van der Waals surface area contributed by atoms with Crippen molar-refractivity contribution >= 4 is 23.2 Å². The fourth-order valence-corrected chi connectivity index (χ4v) is 4.33. The van der Waals surface area contributed by atoms with Gasteiger partial charge < -0.3 is 15.5 Å². The van der Waals surface area contributed by atoms with Crippen LogP contribution in [0.5, 0.6) is 0 Å². The number of rotatable bonds is 3. The van der Waals surface area contributed by atoms with Crippen LogP contribution in [0.4, 0.5) is 0 Å². The van der Waals surface area contributed by atoms with E-state index in [2.05, 4.69) is 10.6 Å². The summed E-state index contributed by atoms with van der Waals surface area (Å²) in [5, 5.41) is 6.04. The van der Waals surface area contributed by atoms with Crippen molar-refractivity contribution < 1.29 is 9.59 Å². The van der Waals surface area contributed by atoms with Crippen molar-refractivity contribution in [2.45, 2.75) is 38.6 Å². The van der Waals surface area contributed by atoms with Gasteiger partial charge in [0.05, 0.1) is 11.4 Å². The molecule has 1 aromatic rings. The lowest BCUT2D eigenvalue weighted by Gasteiger charge is -2.34. The van der Waals surface area contributed by atoms with E-state index in [-0.39, 0.29) is 24.4 Å². The molecule has 2 aliphatic rings. The van der Waals surface area contributed by atoms with Gasteiger partial charge in [0.1, 0.15) is 0 Å². The first kappa shape index (κ1) is 15.5. The molecular formula is C16H23N3O2S. The number of carbonyl (C=O) groups excluding carboxylic acids is 2. The van der Waals surface area contributed by atoms with E-state index >= 15 is 0 Å². The minimum atomic E-state index is -0.115. The van der Waals surface area contributed by atoms with Crippen molar-refractivity contribution in [1.29, 1.82) is 0 Å². The number of nitrogens with one attached hydrogen (secondary N) is 2. The fraction of sp³-hybridized carbons (Fsp3) is 0.625. The average molecular weight is 321 g/mol. The Morgan fingerprint density at radius 2 is 2.23 bits per heavy atom. The molecule has 0 radical (unpaired) electrons. The van der Waals surface area contributed by atoms with Gasteiger partial charge in [0.25, 0.3) is 5.91 Å². The van der Waals surface area contributed by atoms with Gasteiger partial charge >= 0.3 is 0 Å². The first-order valence-corrected chi connectivity index (χ1v) is 8.87. The van der Waals surface area contributed by atoms with Crippen LogP contribution in [0.3, 0.4) is 0 Å². The van der Waals surface area contributed by atoms with Crippen LogP contribution >= 0.6 is 11.3 Å². The molecule has 1 aliphatic carbocycles. The molecular weight excluding hydrogens is 298 g/mol. The quantitative estimate of drug-likeness (QED) is 0.879. The van der Waals surface area contributed by atoms with E-state index in [1.807, 2.05) is 17.9 Å². The molecule has 0 unspecified atom stereocenters. The summed E-state index contributed by atoms with van der Waals surface area (Å²) in [6, 6.07) is 2.19. The number of carbonyl (C=O) groups is 2. The summed E-state index contributed by atoms with van der Waals surface area (Å²) in [5.74, 6) is -0.112. The van der Waals surface area contributed by atoms with Crippen LogP contribution in [0.15, 0.2) is 6.07 Å². The predicted octanol–water partition coefficient (Wildman–Crippen LogP) is 1.18. The van der Waals surface area contributed by atoms with E-state index < -0.39 is 0 Å². The molecule has 0 saturated carbocycles. The number of aryl methyl sites for hydroxylation is 2. The zero-order valence-electron chi connectivity index (χ0n) is 13.0. The van der Waals surface area contributed by atoms with Crippen LogP contribution in [0.2, 0.25) is 0 Å². The maximum atomic E-state index is 12.2. The Balaban J connectivity index is 1.55. The molecule has 2 N–H and O–H groups in total. The van der Waals surface area contributed by atoms with Gasteiger partial charge in [-0.15, -0.1) is 11.3 Å². The van der Waals surface area contributed by atoms with Gasteiger partial charge in [-0.1, -0.05) is 0 Å². The molecule has 0 aromatic carbocycles. The number of nitrogens with zero attached hydrogens (tertiary/aromatic N) is 1. The summed E-state index contributed by atoms with van der Waals surface area (Å²) in [7, 11) is 0. The van der Waals surface area contributed by atoms with E-state index in [9.17, 15) is 9.59 Å². The maximum absolute atomic E-state index is 12.2. The van der Waals surface area contributed by atoms with Gasteiger partial charge in [0.2, 0.25) is 5.91 Å². The van der Waals surface area contributed by atoms with Gasteiger partial charge in [0.15, 0.2) is 0 Å². The highest BCUT2D eigenvalue weighted by atomic mass is 32.1. The summed E-state index contributed by atoms with van der Waals surface area (Å²) < 4.78 is 0. The summed E-state index contributed by atoms with van der Waals surface area (Å²) in [6.07, 6.45) is 4.60. The Kier molecular flexibility index (Phi) is 4.78. The number of hydrogen-bond donors (Lipinski definition) is 2. The second kappa shape index (κ2) is 6.79. The van der Waals surface area contributed by atoms with Crippen molar-refractivity contribution in [2.75, 3.05) is 26.2 Å². The van der Waals surface area contributed by atoms with Crippen LogP contribution in [0.1, 0.15) is 39.9 Å². The monoisotopic (exact) mass is 321 g/mol. The second-order valence-electron chi connectivity index (χ2n) is 6.09. The molecule has 2 heterocycles.